The van der Waals surface area contributed by atoms with Crippen molar-refractivity contribution in [3.8, 4) is 0 Å². The summed E-state index contributed by atoms with van der Waals surface area (Å²) in [6.45, 7) is 2.93. The standard InChI is InChI=1S/C21H23N3O3/c1-15(25)16-8-6-9-17(14-16)22-20(26)18-10-7-11-19(23-18)21(27)24-12-4-2-3-5-13-24/h6-11,14H,2-5,12-13H2,1H3,(H,22,26). The van der Waals surface area contributed by atoms with Gasteiger partial charge in [0.05, 0.1) is 0 Å². The summed E-state index contributed by atoms with van der Waals surface area (Å²) >= 11 is 0. The van der Waals surface area contributed by atoms with Crippen molar-refractivity contribution < 1.29 is 14.4 Å². The fraction of sp³-hybridized carbons (Fsp3) is 0.333. The van der Waals surface area contributed by atoms with E-state index in [0.29, 0.717) is 11.3 Å². The average Bonchev–Trinajstić information content (AvgIpc) is 2.97. The number of nitrogens with one attached hydrogen (secondary N) is 1. The SMILES string of the molecule is CC(=O)c1cccc(NC(=O)c2cccc(C(=O)N3CCCCCC3)n2)c1. The molecule has 0 atom stereocenters. The van der Waals surface area contributed by atoms with Gasteiger partial charge in [0.25, 0.3) is 11.8 Å². The maximum absolute atomic E-state index is 12.7. The smallest absolute Gasteiger partial charge is 0.274 e. The topological polar surface area (TPSA) is 79.4 Å². The number of carbonyl (C=O) groups excluding carboxylic acids is 3. The first-order valence-electron chi connectivity index (χ1n) is 9.23. The molecule has 27 heavy (non-hydrogen) atoms. The summed E-state index contributed by atoms with van der Waals surface area (Å²) in [4.78, 5) is 42.8. The van der Waals surface area contributed by atoms with Crippen LogP contribution in [0.1, 0.15) is 63.9 Å². The first-order chi connectivity index (χ1) is 13.0. The number of Topliss-reactive ketones (excluding diaryl/α,β-unsaturated/α-hetero) is 1. The fourth-order valence-corrected chi connectivity index (χ4v) is 3.13. The Kier molecular flexibility index (Phi) is 5.96. The van der Waals surface area contributed by atoms with Crippen LogP contribution in [-0.4, -0.2) is 40.6 Å². The van der Waals surface area contributed by atoms with Gasteiger partial charge in [0.15, 0.2) is 5.78 Å². The Labute approximate surface area is 158 Å². The highest BCUT2D eigenvalue weighted by molar-refractivity contribution is 6.04. The predicted molar refractivity (Wildman–Crippen MR) is 103 cm³/mol. The fourth-order valence-electron chi connectivity index (χ4n) is 3.13. The highest BCUT2D eigenvalue weighted by Gasteiger charge is 2.19. The van der Waals surface area contributed by atoms with Gasteiger partial charge in [0.1, 0.15) is 11.4 Å². The molecule has 0 aliphatic carbocycles. The highest BCUT2D eigenvalue weighted by atomic mass is 16.2. The van der Waals surface area contributed by atoms with Crippen LogP contribution in [0.15, 0.2) is 42.5 Å². The van der Waals surface area contributed by atoms with Crippen LogP contribution >= 0.6 is 0 Å². The van der Waals surface area contributed by atoms with E-state index in [4.69, 9.17) is 0 Å². The summed E-state index contributed by atoms with van der Waals surface area (Å²) in [6, 6.07) is 11.6. The lowest BCUT2D eigenvalue weighted by Gasteiger charge is -2.19. The van der Waals surface area contributed by atoms with Gasteiger partial charge < -0.3 is 10.2 Å². The van der Waals surface area contributed by atoms with E-state index in [2.05, 4.69) is 10.3 Å². The second-order valence-electron chi connectivity index (χ2n) is 6.71. The third-order valence-corrected chi connectivity index (χ3v) is 4.62. The van der Waals surface area contributed by atoms with Gasteiger partial charge in [-0.3, -0.25) is 14.4 Å². The summed E-state index contributed by atoms with van der Waals surface area (Å²) in [5.74, 6) is -0.624. The van der Waals surface area contributed by atoms with E-state index in [1.54, 1.807) is 42.5 Å². The molecule has 0 bridgehead atoms. The van der Waals surface area contributed by atoms with Crippen LogP contribution < -0.4 is 5.32 Å². The second kappa shape index (κ2) is 8.58. The molecule has 1 aromatic carbocycles. The molecule has 1 aromatic heterocycles. The number of benzene rings is 1. The Balaban J connectivity index is 1.74. The molecular weight excluding hydrogens is 342 g/mol. The maximum atomic E-state index is 12.7. The van der Waals surface area contributed by atoms with Crippen molar-refractivity contribution in [1.29, 1.82) is 0 Å². The number of hydrogen-bond acceptors (Lipinski definition) is 4. The Morgan fingerprint density at radius 2 is 1.59 bits per heavy atom. The van der Waals surface area contributed by atoms with Gasteiger partial charge in [-0.15, -0.1) is 0 Å². The zero-order chi connectivity index (χ0) is 19.2. The van der Waals surface area contributed by atoms with Crippen molar-refractivity contribution >= 4 is 23.3 Å². The van der Waals surface area contributed by atoms with Crippen LogP contribution in [-0.2, 0) is 0 Å². The van der Waals surface area contributed by atoms with Crippen LogP contribution in [0.4, 0.5) is 5.69 Å². The molecular formula is C21H23N3O3. The number of amides is 2. The number of carbonyl (C=O) groups is 3. The number of anilines is 1. The van der Waals surface area contributed by atoms with Crippen molar-refractivity contribution in [2.45, 2.75) is 32.6 Å². The zero-order valence-electron chi connectivity index (χ0n) is 15.4. The number of pyridine rings is 1. The van der Waals surface area contributed by atoms with Gasteiger partial charge in [-0.1, -0.05) is 31.0 Å². The van der Waals surface area contributed by atoms with Gasteiger partial charge in [-0.25, -0.2) is 4.98 Å². The Morgan fingerprint density at radius 1 is 0.926 bits per heavy atom. The molecule has 2 heterocycles. The number of hydrogen-bond donors (Lipinski definition) is 1. The lowest BCUT2D eigenvalue weighted by atomic mass is 10.1. The Bertz CT molecular complexity index is 855. The molecule has 1 fully saturated rings. The molecule has 2 aromatic rings. The van der Waals surface area contributed by atoms with E-state index in [1.807, 2.05) is 4.90 Å². The van der Waals surface area contributed by atoms with Crippen molar-refractivity contribution in [3.05, 3.63) is 59.4 Å². The quantitative estimate of drug-likeness (QED) is 0.840. The summed E-state index contributed by atoms with van der Waals surface area (Å²) in [6.07, 6.45) is 4.27. The van der Waals surface area contributed by atoms with Crippen LogP contribution in [0, 0.1) is 0 Å². The number of aromatic nitrogens is 1. The lowest BCUT2D eigenvalue weighted by molar-refractivity contribution is 0.0755. The molecule has 1 aliphatic rings. The van der Waals surface area contributed by atoms with Crippen molar-refractivity contribution in [1.82, 2.24) is 9.88 Å². The number of rotatable bonds is 4. The highest BCUT2D eigenvalue weighted by Crippen LogP contribution is 2.15. The van der Waals surface area contributed by atoms with E-state index in [1.165, 1.54) is 6.92 Å². The Hall–Kier alpha value is -3.02. The number of ketones is 1. The van der Waals surface area contributed by atoms with E-state index < -0.39 is 5.91 Å². The third kappa shape index (κ3) is 4.78. The monoisotopic (exact) mass is 365 g/mol. The minimum atomic E-state index is -0.416. The van der Waals surface area contributed by atoms with E-state index in [0.717, 1.165) is 38.8 Å². The molecule has 1 N–H and O–H groups in total. The second-order valence-corrected chi connectivity index (χ2v) is 6.71. The first kappa shape index (κ1) is 18.8. The molecule has 1 saturated heterocycles. The van der Waals surface area contributed by atoms with Gasteiger partial charge in [-0.05, 0) is 44.0 Å². The van der Waals surface area contributed by atoms with E-state index in [9.17, 15) is 14.4 Å². The predicted octanol–water partition coefficient (Wildman–Crippen LogP) is 3.55. The normalized spacial score (nSPS) is 14.3. The van der Waals surface area contributed by atoms with Crippen LogP contribution in [0.3, 0.4) is 0 Å². The van der Waals surface area contributed by atoms with Crippen LogP contribution in [0.5, 0.6) is 0 Å². The van der Waals surface area contributed by atoms with E-state index >= 15 is 0 Å². The average molecular weight is 365 g/mol. The molecule has 140 valence electrons. The zero-order valence-corrected chi connectivity index (χ0v) is 15.4. The summed E-state index contributed by atoms with van der Waals surface area (Å²) in [5, 5.41) is 2.73. The lowest BCUT2D eigenvalue weighted by Crippen LogP contribution is -2.32. The van der Waals surface area contributed by atoms with Gasteiger partial charge in [0, 0.05) is 24.3 Å². The van der Waals surface area contributed by atoms with Gasteiger partial charge >= 0.3 is 0 Å². The molecule has 2 amide bonds. The molecule has 0 unspecified atom stereocenters. The summed E-state index contributed by atoms with van der Waals surface area (Å²) < 4.78 is 0. The number of nitrogens with zero attached hydrogens (tertiary/aromatic N) is 2. The molecule has 6 heteroatoms. The van der Waals surface area contributed by atoms with Crippen molar-refractivity contribution in [3.63, 3.8) is 0 Å². The van der Waals surface area contributed by atoms with Gasteiger partial charge in [0.2, 0.25) is 0 Å². The maximum Gasteiger partial charge on any atom is 0.274 e. The summed E-state index contributed by atoms with van der Waals surface area (Å²) in [7, 11) is 0. The third-order valence-electron chi connectivity index (χ3n) is 4.62. The van der Waals surface area contributed by atoms with Gasteiger partial charge in [-0.2, -0.15) is 0 Å². The molecule has 0 saturated carbocycles. The molecule has 6 nitrogen and oxygen atoms in total. The molecule has 1 aliphatic heterocycles. The minimum Gasteiger partial charge on any atom is -0.337 e. The molecule has 0 spiro atoms. The Morgan fingerprint density at radius 3 is 2.30 bits per heavy atom. The minimum absolute atomic E-state index is 0.0748. The largest absolute Gasteiger partial charge is 0.337 e. The van der Waals surface area contributed by atoms with E-state index in [-0.39, 0.29) is 23.1 Å². The summed E-state index contributed by atoms with van der Waals surface area (Å²) in [5.41, 5.74) is 1.48. The van der Waals surface area contributed by atoms with Crippen LogP contribution in [0.25, 0.3) is 0 Å². The number of likely N-dealkylation sites (tertiary alicyclic amines) is 1. The first-order valence-corrected chi connectivity index (χ1v) is 9.23. The van der Waals surface area contributed by atoms with Crippen molar-refractivity contribution in [2.24, 2.45) is 0 Å². The molecule has 0 radical (unpaired) electrons. The molecule has 3 rings (SSSR count). The van der Waals surface area contributed by atoms with Crippen LogP contribution in [0.2, 0.25) is 0 Å². The van der Waals surface area contributed by atoms with Crippen molar-refractivity contribution in [2.75, 3.05) is 18.4 Å².